The standard InChI is InChI=1S/C16H23NO/c1-2-3-12-4-6-13(7-5-12)14-8-9-16(17)15(10-14)11-18/h8-13H,2-7,17H2,1H3. The number of carbonyl (C=O) groups is 1. The predicted molar refractivity (Wildman–Crippen MR) is 75.8 cm³/mol. The summed E-state index contributed by atoms with van der Waals surface area (Å²) in [6.07, 6.45) is 8.71. The number of rotatable bonds is 4. The van der Waals surface area contributed by atoms with Crippen molar-refractivity contribution in [2.75, 3.05) is 5.73 Å². The molecular weight excluding hydrogens is 222 g/mol. The fraction of sp³-hybridized carbons (Fsp3) is 0.562. The molecule has 0 heterocycles. The molecule has 0 spiro atoms. The third kappa shape index (κ3) is 2.92. The molecule has 1 aromatic rings. The van der Waals surface area contributed by atoms with E-state index in [1.54, 1.807) is 0 Å². The van der Waals surface area contributed by atoms with Crippen molar-refractivity contribution in [2.45, 2.75) is 51.4 Å². The highest BCUT2D eigenvalue weighted by molar-refractivity contribution is 5.83. The Balaban J connectivity index is 2.03. The third-order valence-corrected chi connectivity index (χ3v) is 4.25. The van der Waals surface area contributed by atoms with Crippen molar-refractivity contribution in [2.24, 2.45) is 5.92 Å². The fourth-order valence-electron chi connectivity index (χ4n) is 3.14. The highest BCUT2D eigenvalue weighted by Gasteiger charge is 2.22. The number of carbonyl (C=O) groups excluding carboxylic acids is 1. The Labute approximate surface area is 110 Å². The van der Waals surface area contributed by atoms with E-state index in [4.69, 9.17) is 5.73 Å². The van der Waals surface area contributed by atoms with Gasteiger partial charge in [0.05, 0.1) is 0 Å². The molecule has 0 aromatic heterocycles. The maximum atomic E-state index is 10.9. The number of hydrogen-bond donors (Lipinski definition) is 1. The van der Waals surface area contributed by atoms with Crippen molar-refractivity contribution >= 4 is 12.0 Å². The Morgan fingerprint density at radius 3 is 2.61 bits per heavy atom. The van der Waals surface area contributed by atoms with E-state index >= 15 is 0 Å². The minimum Gasteiger partial charge on any atom is -0.398 e. The lowest BCUT2D eigenvalue weighted by atomic mass is 9.77. The maximum absolute atomic E-state index is 10.9. The molecule has 1 aromatic carbocycles. The van der Waals surface area contributed by atoms with Crippen molar-refractivity contribution in [3.63, 3.8) is 0 Å². The topological polar surface area (TPSA) is 43.1 Å². The van der Waals surface area contributed by atoms with Gasteiger partial charge in [0.15, 0.2) is 6.29 Å². The number of nitrogen functional groups attached to an aromatic ring is 1. The monoisotopic (exact) mass is 245 g/mol. The molecule has 1 saturated carbocycles. The summed E-state index contributed by atoms with van der Waals surface area (Å²) in [5.41, 5.74) is 8.29. The Kier molecular flexibility index (Phi) is 4.40. The molecule has 1 aliphatic carbocycles. The second-order valence-electron chi connectivity index (χ2n) is 5.51. The van der Waals surface area contributed by atoms with E-state index in [1.807, 2.05) is 12.1 Å². The lowest BCUT2D eigenvalue weighted by Gasteiger charge is -2.28. The van der Waals surface area contributed by atoms with Gasteiger partial charge < -0.3 is 5.73 Å². The lowest BCUT2D eigenvalue weighted by molar-refractivity contribution is 0.112. The molecule has 2 N–H and O–H groups in total. The van der Waals surface area contributed by atoms with Gasteiger partial charge in [-0.3, -0.25) is 4.79 Å². The van der Waals surface area contributed by atoms with Crippen LogP contribution in [0.25, 0.3) is 0 Å². The molecule has 2 heteroatoms. The average Bonchev–Trinajstić information content (AvgIpc) is 2.41. The van der Waals surface area contributed by atoms with Crippen molar-refractivity contribution in [1.82, 2.24) is 0 Å². The van der Waals surface area contributed by atoms with Crippen molar-refractivity contribution in [3.8, 4) is 0 Å². The van der Waals surface area contributed by atoms with Crippen molar-refractivity contribution in [1.29, 1.82) is 0 Å². The molecule has 0 saturated heterocycles. The first-order valence-electron chi connectivity index (χ1n) is 7.09. The first kappa shape index (κ1) is 13.1. The number of hydrogen-bond acceptors (Lipinski definition) is 2. The van der Waals surface area contributed by atoms with Crippen LogP contribution < -0.4 is 5.73 Å². The Morgan fingerprint density at radius 2 is 2.00 bits per heavy atom. The Morgan fingerprint density at radius 1 is 1.28 bits per heavy atom. The van der Waals surface area contributed by atoms with Gasteiger partial charge in [-0.25, -0.2) is 0 Å². The summed E-state index contributed by atoms with van der Waals surface area (Å²) < 4.78 is 0. The van der Waals surface area contributed by atoms with E-state index in [0.29, 0.717) is 17.2 Å². The molecule has 0 atom stereocenters. The zero-order valence-corrected chi connectivity index (χ0v) is 11.2. The molecule has 1 fully saturated rings. The fourth-order valence-corrected chi connectivity index (χ4v) is 3.14. The molecule has 1 aliphatic rings. The van der Waals surface area contributed by atoms with Crippen LogP contribution in [0.5, 0.6) is 0 Å². The van der Waals surface area contributed by atoms with E-state index in [0.717, 1.165) is 12.2 Å². The van der Waals surface area contributed by atoms with Crippen LogP contribution in [0.1, 0.15) is 67.3 Å². The van der Waals surface area contributed by atoms with Crippen LogP contribution in [-0.4, -0.2) is 6.29 Å². The zero-order valence-electron chi connectivity index (χ0n) is 11.2. The molecule has 2 nitrogen and oxygen atoms in total. The molecular formula is C16H23NO. The smallest absolute Gasteiger partial charge is 0.152 e. The molecule has 0 amide bonds. The van der Waals surface area contributed by atoms with Gasteiger partial charge in [0.1, 0.15) is 0 Å². The summed E-state index contributed by atoms with van der Waals surface area (Å²) in [7, 11) is 0. The molecule has 0 bridgehead atoms. The van der Waals surface area contributed by atoms with Crippen LogP contribution in [0.2, 0.25) is 0 Å². The Bertz CT molecular complexity index is 406. The molecule has 0 unspecified atom stereocenters. The summed E-state index contributed by atoms with van der Waals surface area (Å²) in [5.74, 6) is 1.54. The van der Waals surface area contributed by atoms with Crippen LogP contribution in [0, 0.1) is 5.92 Å². The van der Waals surface area contributed by atoms with Crippen LogP contribution in [0.4, 0.5) is 5.69 Å². The van der Waals surface area contributed by atoms with Crippen LogP contribution >= 0.6 is 0 Å². The lowest BCUT2D eigenvalue weighted by Crippen LogP contribution is -2.13. The van der Waals surface area contributed by atoms with Gasteiger partial charge in [0.2, 0.25) is 0 Å². The molecule has 2 rings (SSSR count). The van der Waals surface area contributed by atoms with E-state index in [1.165, 1.54) is 44.1 Å². The van der Waals surface area contributed by atoms with Crippen LogP contribution in [0.15, 0.2) is 18.2 Å². The van der Waals surface area contributed by atoms with Gasteiger partial charge in [-0.1, -0.05) is 25.8 Å². The minimum absolute atomic E-state index is 0.591. The second kappa shape index (κ2) is 6.03. The molecule has 98 valence electrons. The Hall–Kier alpha value is -1.31. The highest BCUT2D eigenvalue weighted by Crippen LogP contribution is 2.37. The van der Waals surface area contributed by atoms with Crippen molar-refractivity contribution < 1.29 is 4.79 Å². The number of anilines is 1. The van der Waals surface area contributed by atoms with Gasteiger partial charge in [-0.2, -0.15) is 0 Å². The SMILES string of the molecule is CCCC1CCC(c2ccc(N)c(C=O)c2)CC1. The van der Waals surface area contributed by atoms with E-state index in [-0.39, 0.29) is 0 Å². The number of aldehydes is 1. The van der Waals surface area contributed by atoms with Gasteiger partial charge in [0.25, 0.3) is 0 Å². The van der Waals surface area contributed by atoms with Crippen molar-refractivity contribution in [3.05, 3.63) is 29.3 Å². The number of benzene rings is 1. The van der Waals surface area contributed by atoms with Gasteiger partial charge >= 0.3 is 0 Å². The largest absolute Gasteiger partial charge is 0.398 e. The summed E-state index contributed by atoms with van der Waals surface area (Å²) in [4.78, 5) is 10.9. The van der Waals surface area contributed by atoms with Crippen LogP contribution in [0.3, 0.4) is 0 Å². The van der Waals surface area contributed by atoms with E-state index in [2.05, 4.69) is 13.0 Å². The first-order chi connectivity index (χ1) is 8.74. The summed E-state index contributed by atoms with van der Waals surface area (Å²) in [6.45, 7) is 2.27. The summed E-state index contributed by atoms with van der Waals surface area (Å²) >= 11 is 0. The molecule has 18 heavy (non-hydrogen) atoms. The van der Waals surface area contributed by atoms with Gasteiger partial charge in [-0.15, -0.1) is 0 Å². The quantitative estimate of drug-likeness (QED) is 0.639. The second-order valence-corrected chi connectivity index (χ2v) is 5.51. The summed E-state index contributed by atoms with van der Waals surface area (Å²) in [5, 5.41) is 0. The van der Waals surface area contributed by atoms with Crippen LogP contribution in [-0.2, 0) is 0 Å². The maximum Gasteiger partial charge on any atom is 0.152 e. The molecule has 0 radical (unpaired) electrons. The first-order valence-corrected chi connectivity index (χ1v) is 7.09. The van der Waals surface area contributed by atoms with Gasteiger partial charge in [-0.05, 0) is 55.2 Å². The summed E-state index contributed by atoms with van der Waals surface area (Å²) in [6, 6.07) is 5.94. The molecule has 0 aliphatic heterocycles. The number of nitrogens with two attached hydrogens (primary N) is 1. The highest BCUT2D eigenvalue weighted by atomic mass is 16.1. The normalized spacial score (nSPS) is 23.8. The van der Waals surface area contributed by atoms with E-state index < -0.39 is 0 Å². The van der Waals surface area contributed by atoms with E-state index in [9.17, 15) is 4.79 Å². The average molecular weight is 245 g/mol. The predicted octanol–water partition coefficient (Wildman–Crippen LogP) is 4.16. The third-order valence-electron chi connectivity index (χ3n) is 4.25. The zero-order chi connectivity index (χ0) is 13.0. The van der Waals surface area contributed by atoms with Gasteiger partial charge in [0, 0.05) is 11.3 Å². The minimum atomic E-state index is 0.591.